The number of H-pyrrole nitrogens is 1. The average molecular weight is 230 g/mol. The van der Waals surface area contributed by atoms with Crippen LogP contribution >= 0.6 is 0 Å². The fraction of sp³-hybridized carbons (Fsp3) is 0.429. The van der Waals surface area contributed by atoms with Crippen LogP contribution in [0.1, 0.15) is 19.8 Å². The molecule has 2 unspecified atom stereocenters. The Hall–Kier alpha value is -1.48. The molecule has 0 spiro atoms. The smallest absolute Gasteiger partial charge is 0.0566 e. The van der Waals surface area contributed by atoms with Crippen LogP contribution in [0.5, 0.6) is 0 Å². The van der Waals surface area contributed by atoms with E-state index in [2.05, 4.69) is 41.5 Å². The Morgan fingerprint density at radius 1 is 1.35 bits per heavy atom. The van der Waals surface area contributed by atoms with E-state index in [1.54, 1.807) is 0 Å². The Labute approximate surface area is 101 Å². The molecule has 1 saturated heterocycles. The lowest BCUT2D eigenvalue weighted by Gasteiger charge is -2.28. The number of hydrogen-bond acceptors (Lipinski definition) is 2. The second-order valence-corrected chi connectivity index (χ2v) is 4.83. The Kier molecular flexibility index (Phi) is 2.77. The first-order valence-electron chi connectivity index (χ1n) is 6.26. The minimum absolute atomic E-state index is 0.372. The van der Waals surface area contributed by atoms with Gasteiger partial charge in [0.1, 0.15) is 0 Å². The number of rotatable bonds is 2. The van der Waals surface area contributed by atoms with Crippen LogP contribution < -0.4 is 5.32 Å². The monoisotopic (exact) mass is 230 g/mol. The number of hydrogen-bond donors (Lipinski definition) is 2. The average Bonchev–Trinajstić information content (AvgIpc) is 2.76. The van der Waals surface area contributed by atoms with Gasteiger partial charge >= 0.3 is 0 Å². The van der Waals surface area contributed by atoms with E-state index in [1.165, 1.54) is 16.6 Å². The van der Waals surface area contributed by atoms with Gasteiger partial charge in [0, 0.05) is 35.4 Å². The topological polar surface area (TPSA) is 37.0 Å². The zero-order valence-electron chi connectivity index (χ0n) is 10.1. The molecule has 1 aliphatic rings. The van der Waals surface area contributed by atoms with Gasteiger partial charge in [0.15, 0.2) is 0 Å². The van der Waals surface area contributed by atoms with Gasteiger partial charge in [-0.2, -0.15) is 0 Å². The van der Waals surface area contributed by atoms with E-state index in [9.17, 15) is 0 Å². The first kappa shape index (κ1) is 10.7. The number of anilines is 1. The summed E-state index contributed by atoms with van der Waals surface area (Å²) >= 11 is 0. The molecule has 2 heterocycles. The third kappa shape index (κ3) is 2.29. The van der Waals surface area contributed by atoms with Crippen molar-refractivity contribution in [1.29, 1.82) is 0 Å². The summed E-state index contributed by atoms with van der Waals surface area (Å²) in [6, 6.07) is 9.11. The molecule has 1 aromatic carbocycles. The fourth-order valence-electron chi connectivity index (χ4n) is 2.51. The maximum atomic E-state index is 5.56. The molecule has 90 valence electrons. The summed E-state index contributed by atoms with van der Waals surface area (Å²) in [5.74, 6) is 0. The van der Waals surface area contributed by atoms with Crippen molar-refractivity contribution in [2.45, 2.75) is 31.9 Å². The van der Waals surface area contributed by atoms with Gasteiger partial charge in [-0.05, 0) is 44.0 Å². The molecule has 2 aromatic rings. The van der Waals surface area contributed by atoms with Crippen LogP contribution in [-0.2, 0) is 4.74 Å². The highest BCUT2D eigenvalue weighted by molar-refractivity contribution is 5.83. The van der Waals surface area contributed by atoms with E-state index in [0.717, 1.165) is 19.4 Å². The van der Waals surface area contributed by atoms with Crippen LogP contribution in [0.25, 0.3) is 10.9 Å². The number of aromatic amines is 1. The molecule has 17 heavy (non-hydrogen) atoms. The molecule has 0 bridgehead atoms. The van der Waals surface area contributed by atoms with Crippen LogP contribution in [0.2, 0.25) is 0 Å². The lowest BCUT2D eigenvalue weighted by molar-refractivity contribution is 0.0232. The highest BCUT2D eigenvalue weighted by Crippen LogP contribution is 2.22. The lowest BCUT2D eigenvalue weighted by atomic mass is 10.0. The largest absolute Gasteiger partial charge is 0.382 e. The fourth-order valence-corrected chi connectivity index (χ4v) is 2.51. The van der Waals surface area contributed by atoms with Crippen LogP contribution in [0.4, 0.5) is 5.69 Å². The van der Waals surface area contributed by atoms with Crippen molar-refractivity contribution in [1.82, 2.24) is 4.98 Å². The van der Waals surface area contributed by atoms with E-state index >= 15 is 0 Å². The highest BCUT2D eigenvalue weighted by atomic mass is 16.5. The molecule has 0 radical (unpaired) electrons. The van der Waals surface area contributed by atoms with Crippen LogP contribution in [-0.4, -0.2) is 23.7 Å². The predicted molar refractivity (Wildman–Crippen MR) is 70.4 cm³/mol. The number of aromatic nitrogens is 1. The van der Waals surface area contributed by atoms with Gasteiger partial charge < -0.3 is 15.0 Å². The van der Waals surface area contributed by atoms with E-state index < -0.39 is 0 Å². The van der Waals surface area contributed by atoms with Gasteiger partial charge in [-0.25, -0.2) is 0 Å². The van der Waals surface area contributed by atoms with Crippen molar-refractivity contribution in [3.8, 4) is 0 Å². The minimum Gasteiger partial charge on any atom is -0.382 e. The molecule has 2 N–H and O–H groups in total. The first-order valence-corrected chi connectivity index (χ1v) is 6.26. The first-order chi connectivity index (χ1) is 8.31. The number of ether oxygens (including phenoxy) is 1. The maximum absolute atomic E-state index is 5.56. The van der Waals surface area contributed by atoms with Crippen molar-refractivity contribution in [2.75, 3.05) is 11.9 Å². The molecule has 3 heteroatoms. The van der Waals surface area contributed by atoms with Crippen LogP contribution in [0.3, 0.4) is 0 Å². The standard InChI is InChI=1S/C14H18N2O/c1-10-8-13(5-7-17-10)16-12-2-3-14-11(9-12)4-6-15-14/h2-4,6,9-10,13,15-16H,5,7-8H2,1H3. The lowest BCUT2D eigenvalue weighted by Crippen LogP contribution is -2.32. The summed E-state index contributed by atoms with van der Waals surface area (Å²) in [4.78, 5) is 3.21. The molecule has 3 nitrogen and oxygen atoms in total. The Balaban J connectivity index is 1.75. The van der Waals surface area contributed by atoms with E-state index in [0.29, 0.717) is 12.1 Å². The normalized spacial score (nSPS) is 25.0. The highest BCUT2D eigenvalue weighted by Gasteiger charge is 2.18. The summed E-state index contributed by atoms with van der Waals surface area (Å²) in [6.45, 7) is 3.01. The Morgan fingerprint density at radius 2 is 2.29 bits per heavy atom. The molecule has 0 amide bonds. The number of benzene rings is 1. The Bertz CT molecular complexity index is 506. The third-order valence-corrected chi connectivity index (χ3v) is 3.41. The van der Waals surface area contributed by atoms with Crippen molar-refractivity contribution in [2.24, 2.45) is 0 Å². The van der Waals surface area contributed by atoms with Crippen LogP contribution in [0, 0.1) is 0 Å². The predicted octanol–water partition coefficient (Wildman–Crippen LogP) is 3.15. The molecule has 0 saturated carbocycles. The summed E-state index contributed by atoms with van der Waals surface area (Å²) in [6.07, 6.45) is 4.53. The van der Waals surface area contributed by atoms with E-state index in [1.807, 2.05) is 6.20 Å². The van der Waals surface area contributed by atoms with Gasteiger partial charge in [0.25, 0.3) is 0 Å². The van der Waals surface area contributed by atoms with Crippen molar-refractivity contribution in [3.05, 3.63) is 30.5 Å². The quantitative estimate of drug-likeness (QED) is 0.831. The zero-order valence-corrected chi connectivity index (χ0v) is 10.1. The summed E-state index contributed by atoms with van der Waals surface area (Å²) in [5, 5.41) is 4.86. The molecular weight excluding hydrogens is 212 g/mol. The summed E-state index contributed by atoms with van der Waals surface area (Å²) in [5.41, 5.74) is 2.40. The van der Waals surface area contributed by atoms with Gasteiger partial charge in [0.05, 0.1) is 6.10 Å². The number of fused-ring (bicyclic) bond motifs is 1. The maximum Gasteiger partial charge on any atom is 0.0566 e. The summed E-state index contributed by atoms with van der Waals surface area (Å²) in [7, 11) is 0. The molecule has 1 fully saturated rings. The molecular formula is C14H18N2O. The summed E-state index contributed by atoms with van der Waals surface area (Å²) < 4.78 is 5.56. The molecule has 3 rings (SSSR count). The van der Waals surface area contributed by atoms with Crippen molar-refractivity contribution in [3.63, 3.8) is 0 Å². The zero-order chi connectivity index (χ0) is 11.7. The van der Waals surface area contributed by atoms with Gasteiger partial charge in [-0.15, -0.1) is 0 Å². The molecule has 2 atom stereocenters. The second-order valence-electron chi connectivity index (χ2n) is 4.83. The molecule has 1 aromatic heterocycles. The minimum atomic E-state index is 0.372. The van der Waals surface area contributed by atoms with Crippen LogP contribution in [0.15, 0.2) is 30.5 Å². The third-order valence-electron chi connectivity index (χ3n) is 3.41. The van der Waals surface area contributed by atoms with Gasteiger partial charge in [-0.3, -0.25) is 0 Å². The SMILES string of the molecule is CC1CC(Nc2ccc3[nH]ccc3c2)CCO1. The number of nitrogens with one attached hydrogen (secondary N) is 2. The van der Waals surface area contributed by atoms with Crippen molar-refractivity contribution < 1.29 is 4.74 Å². The van der Waals surface area contributed by atoms with E-state index in [4.69, 9.17) is 4.74 Å². The molecule has 0 aliphatic carbocycles. The van der Waals surface area contributed by atoms with E-state index in [-0.39, 0.29) is 0 Å². The second kappa shape index (κ2) is 4.41. The van der Waals surface area contributed by atoms with Crippen molar-refractivity contribution >= 4 is 16.6 Å². The van der Waals surface area contributed by atoms with Gasteiger partial charge in [-0.1, -0.05) is 0 Å². The molecule has 1 aliphatic heterocycles. The van der Waals surface area contributed by atoms with Gasteiger partial charge in [0.2, 0.25) is 0 Å². The Morgan fingerprint density at radius 3 is 3.18 bits per heavy atom.